The quantitative estimate of drug-likeness (QED) is 0.613. The van der Waals surface area contributed by atoms with Crippen molar-refractivity contribution >= 4 is 12.0 Å². The number of aliphatic carboxylic acids is 1. The second-order valence-electron chi connectivity index (χ2n) is 4.23. The zero-order valence-electron chi connectivity index (χ0n) is 9.51. The molecule has 0 saturated heterocycles. The van der Waals surface area contributed by atoms with Crippen LogP contribution >= 0.6 is 0 Å². The van der Waals surface area contributed by atoms with Gasteiger partial charge < -0.3 is 20.4 Å². The van der Waals surface area contributed by atoms with Crippen molar-refractivity contribution in [3.8, 4) is 0 Å². The lowest BCUT2D eigenvalue weighted by Crippen LogP contribution is -2.46. The number of nitrogens with zero attached hydrogens (tertiary/aromatic N) is 1. The van der Waals surface area contributed by atoms with Crippen molar-refractivity contribution in [2.45, 2.75) is 31.9 Å². The van der Waals surface area contributed by atoms with Gasteiger partial charge in [0.15, 0.2) is 6.10 Å². The van der Waals surface area contributed by atoms with Crippen LogP contribution in [-0.2, 0) is 4.79 Å². The molecule has 2 unspecified atom stereocenters. The number of urea groups is 1. The first kappa shape index (κ1) is 12.8. The van der Waals surface area contributed by atoms with Crippen molar-refractivity contribution in [3.63, 3.8) is 0 Å². The number of aliphatic hydroxyl groups is 1. The Morgan fingerprint density at radius 3 is 2.50 bits per heavy atom. The van der Waals surface area contributed by atoms with Crippen LogP contribution in [-0.4, -0.2) is 52.9 Å². The minimum Gasteiger partial charge on any atom is -0.479 e. The Hall–Kier alpha value is -1.30. The molecule has 16 heavy (non-hydrogen) atoms. The van der Waals surface area contributed by atoms with Crippen LogP contribution in [0, 0.1) is 5.92 Å². The second-order valence-corrected chi connectivity index (χ2v) is 4.23. The summed E-state index contributed by atoms with van der Waals surface area (Å²) in [6, 6.07) is -0.193. The Labute approximate surface area is 94.2 Å². The van der Waals surface area contributed by atoms with Crippen LogP contribution in [0.15, 0.2) is 0 Å². The third kappa shape index (κ3) is 3.37. The molecule has 1 aliphatic rings. The standard InChI is InChI=1S/C10H18N2O4/c1-6(7-3-4-7)12(2)10(16)11-5-8(13)9(14)15/h6-8,13H,3-5H2,1-2H3,(H,11,16)(H,14,15). The van der Waals surface area contributed by atoms with E-state index in [-0.39, 0.29) is 18.6 Å². The zero-order valence-corrected chi connectivity index (χ0v) is 9.51. The van der Waals surface area contributed by atoms with Crippen molar-refractivity contribution in [2.24, 2.45) is 5.92 Å². The molecule has 6 heteroatoms. The average Bonchev–Trinajstić information content (AvgIpc) is 3.06. The monoisotopic (exact) mass is 230 g/mol. The van der Waals surface area contributed by atoms with E-state index in [1.807, 2.05) is 6.92 Å². The molecule has 6 nitrogen and oxygen atoms in total. The molecular weight excluding hydrogens is 212 g/mol. The summed E-state index contributed by atoms with van der Waals surface area (Å²) in [7, 11) is 1.67. The molecule has 3 N–H and O–H groups in total. The van der Waals surface area contributed by atoms with E-state index in [9.17, 15) is 9.59 Å². The van der Waals surface area contributed by atoms with Crippen LogP contribution in [0.25, 0.3) is 0 Å². The van der Waals surface area contributed by atoms with E-state index < -0.39 is 12.1 Å². The van der Waals surface area contributed by atoms with E-state index >= 15 is 0 Å². The molecule has 1 aliphatic carbocycles. The van der Waals surface area contributed by atoms with Gasteiger partial charge in [-0.2, -0.15) is 0 Å². The average molecular weight is 230 g/mol. The Kier molecular flexibility index (Phi) is 4.12. The van der Waals surface area contributed by atoms with Crippen LogP contribution in [0.3, 0.4) is 0 Å². The van der Waals surface area contributed by atoms with E-state index in [0.717, 1.165) is 12.8 Å². The topological polar surface area (TPSA) is 89.9 Å². The van der Waals surface area contributed by atoms with Gasteiger partial charge in [-0.3, -0.25) is 0 Å². The Bertz CT molecular complexity index is 278. The van der Waals surface area contributed by atoms with Gasteiger partial charge >= 0.3 is 12.0 Å². The lowest BCUT2D eigenvalue weighted by Gasteiger charge is -2.25. The predicted molar refractivity (Wildman–Crippen MR) is 57.0 cm³/mol. The summed E-state index contributed by atoms with van der Waals surface area (Å²) in [5.74, 6) is -0.779. The van der Waals surface area contributed by atoms with Crippen LogP contribution in [0.2, 0.25) is 0 Å². The maximum Gasteiger partial charge on any atom is 0.334 e. The van der Waals surface area contributed by atoms with E-state index in [0.29, 0.717) is 5.92 Å². The first-order valence-electron chi connectivity index (χ1n) is 5.35. The van der Waals surface area contributed by atoms with Gasteiger partial charge in [-0.15, -0.1) is 0 Å². The fourth-order valence-electron chi connectivity index (χ4n) is 1.48. The van der Waals surface area contributed by atoms with Crippen LogP contribution < -0.4 is 5.32 Å². The first-order chi connectivity index (χ1) is 7.43. The molecule has 1 fully saturated rings. The number of carbonyl (C=O) groups excluding carboxylic acids is 1. The SMILES string of the molecule is CC(C1CC1)N(C)C(=O)NCC(O)C(=O)O. The molecule has 0 heterocycles. The first-order valence-corrected chi connectivity index (χ1v) is 5.35. The number of hydrogen-bond donors (Lipinski definition) is 3. The minimum atomic E-state index is -1.55. The third-order valence-electron chi connectivity index (χ3n) is 2.97. The van der Waals surface area contributed by atoms with Crippen molar-refractivity contribution in [2.75, 3.05) is 13.6 Å². The maximum absolute atomic E-state index is 11.6. The van der Waals surface area contributed by atoms with Gasteiger partial charge in [0, 0.05) is 13.1 Å². The normalized spacial score (nSPS) is 18.7. The van der Waals surface area contributed by atoms with Crippen LogP contribution in [0.4, 0.5) is 4.79 Å². The van der Waals surface area contributed by atoms with Gasteiger partial charge in [0.05, 0.1) is 6.54 Å². The van der Waals surface area contributed by atoms with Gasteiger partial charge in [0.1, 0.15) is 0 Å². The molecule has 0 radical (unpaired) electrons. The molecule has 0 aromatic carbocycles. The summed E-state index contributed by atoms with van der Waals surface area (Å²) in [6.45, 7) is 1.70. The van der Waals surface area contributed by atoms with Crippen molar-refractivity contribution in [3.05, 3.63) is 0 Å². The molecule has 1 rings (SSSR count). The van der Waals surface area contributed by atoms with Crippen LogP contribution in [0.1, 0.15) is 19.8 Å². The van der Waals surface area contributed by atoms with E-state index in [2.05, 4.69) is 5.32 Å². The highest BCUT2D eigenvalue weighted by molar-refractivity contribution is 5.76. The minimum absolute atomic E-state index is 0.155. The zero-order chi connectivity index (χ0) is 12.3. The lowest BCUT2D eigenvalue weighted by molar-refractivity contribution is -0.146. The van der Waals surface area contributed by atoms with Crippen molar-refractivity contribution in [1.29, 1.82) is 0 Å². The van der Waals surface area contributed by atoms with Gasteiger partial charge in [0.25, 0.3) is 0 Å². The number of amides is 2. The summed E-state index contributed by atoms with van der Waals surface area (Å²) in [5.41, 5.74) is 0. The molecule has 1 saturated carbocycles. The number of aliphatic hydroxyl groups excluding tert-OH is 1. The van der Waals surface area contributed by atoms with E-state index in [4.69, 9.17) is 10.2 Å². The fraction of sp³-hybridized carbons (Fsp3) is 0.800. The molecule has 0 spiro atoms. The van der Waals surface area contributed by atoms with Gasteiger partial charge in [-0.05, 0) is 25.7 Å². The van der Waals surface area contributed by atoms with Crippen LogP contribution in [0.5, 0.6) is 0 Å². The van der Waals surface area contributed by atoms with Gasteiger partial charge in [-0.25, -0.2) is 9.59 Å². The van der Waals surface area contributed by atoms with Crippen molar-refractivity contribution < 1.29 is 19.8 Å². The molecule has 0 bridgehead atoms. The number of nitrogens with one attached hydrogen (secondary N) is 1. The Balaban J connectivity index is 2.30. The molecule has 0 aromatic heterocycles. The highest BCUT2D eigenvalue weighted by atomic mass is 16.4. The molecule has 0 aromatic rings. The summed E-state index contributed by atoms with van der Waals surface area (Å²) < 4.78 is 0. The number of rotatable bonds is 5. The predicted octanol–water partition coefficient (Wildman–Crippen LogP) is -0.128. The van der Waals surface area contributed by atoms with E-state index in [1.54, 1.807) is 11.9 Å². The highest BCUT2D eigenvalue weighted by Crippen LogP contribution is 2.34. The number of hydrogen-bond acceptors (Lipinski definition) is 3. The summed E-state index contributed by atoms with van der Waals surface area (Å²) >= 11 is 0. The van der Waals surface area contributed by atoms with Gasteiger partial charge in [-0.1, -0.05) is 0 Å². The molecule has 0 aliphatic heterocycles. The number of carboxylic acids is 1. The van der Waals surface area contributed by atoms with Crippen molar-refractivity contribution in [1.82, 2.24) is 10.2 Å². The second kappa shape index (κ2) is 5.16. The maximum atomic E-state index is 11.6. The lowest BCUT2D eigenvalue weighted by atomic mass is 10.2. The summed E-state index contributed by atoms with van der Waals surface area (Å²) in [6.07, 6.45) is 0.723. The summed E-state index contributed by atoms with van der Waals surface area (Å²) in [4.78, 5) is 23.4. The van der Waals surface area contributed by atoms with Gasteiger partial charge in [0.2, 0.25) is 0 Å². The molecule has 2 atom stereocenters. The highest BCUT2D eigenvalue weighted by Gasteiger charge is 2.32. The summed E-state index contributed by atoms with van der Waals surface area (Å²) in [5, 5.41) is 19.8. The number of carboxylic acid groups (broad SMARTS) is 1. The van der Waals surface area contributed by atoms with E-state index in [1.165, 1.54) is 0 Å². The fourth-order valence-corrected chi connectivity index (χ4v) is 1.48. The Morgan fingerprint density at radius 2 is 2.06 bits per heavy atom. The smallest absolute Gasteiger partial charge is 0.334 e. The largest absolute Gasteiger partial charge is 0.479 e. The number of carbonyl (C=O) groups is 2. The Morgan fingerprint density at radius 1 is 1.50 bits per heavy atom. The molecule has 2 amide bonds. The third-order valence-corrected chi connectivity index (χ3v) is 2.97. The molecular formula is C10H18N2O4. The molecule has 92 valence electrons.